The fourth-order valence-corrected chi connectivity index (χ4v) is 2.73. The third kappa shape index (κ3) is 4.18. The molecule has 1 atom stereocenters. The van der Waals surface area contributed by atoms with Crippen LogP contribution < -0.4 is 5.32 Å². The molecule has 2 aromatic carbocycles. The van der Waals surface area contributed by atoms with Crippen LogP contribution in [0.25, 0.3) is 11.0 Å². The van der Waals surface area contributed by atoms with E-state index >= 15 is 0 Å². The molecule has 1 heterocycles. The maximum Gasteiger partial charge on any atom is 0.307 e. The van der Waals surface area contributed by atoms with Gasteiger partial charge in [0, 0.05) is 5.02 Å². The topological polar surface area (TPSA) is 86.1 Å². The quantitative estimate of drug-likeness (QED) is 0.672. The zero-order chi connectivity index (χ0) is 18.5. The number of carbonyl (C=O) groups excluding carboxylic acids is 2. The minimum Gasteiger partial charge on any atom is -0.469 e. The lowest BCUT2D eigenvalue weighted by atomic mass is 10.0. The second-order valence-electron chi connectivity index (χ2n) is 5.69. The smallest absolute Gasteiger partial charge is 0.307 e. The molecule has 26 heavy (non-hydrogen) atoms. The fraction of sp³-hybridized carbons (Fsp3) is 0.222. The summed E-state index contributed by atoms with van der Waals surface area (Å²) in [5.41, 5.74) is 2.24. The van der Waals surface area contributed by atoms with Crippen molar-refractivity contribution in [3.63, 3.8) is 0 Å². The van der Waals surface area contributed by atoms with Crippen LogP contribution in [0.2, 0.25) is 5.02 Å². The highest BCUT2D eigenvalue weighted by Gasteiger charge is 2.20. The standard InChI is InChI=1S/C18H17ClN4O3/c1-26-18(25)10-15(12-6-8-13(19)9-7-12)20-17(24)11-23-16-5-3-2-4-14(16)21-22-23/h2-9,15H,10-11H2,1H3,(H,20,24). The molecule has 134 valence electrons. The van der Waals surface area contributed by atoms with Crippen LogP contribution in [0.4, 0.5) is 0 Å². The molecule has 1 aromatic heterocycles. The SMILES string of the molecule is COC(=O)CC(NC(=O)Cn1nnc2ccccc21)c1ccc(Cl)cc1. The number of para-hydroxylation sites is 1. The number of ether oxygens (including phenoxy) is 1. The normalized spacial score (nSPS) is 11.9. The minimum atomic E-state index is -0.526. The van der Waals surface area contributed by atoms with Crippen LogP contribution in [0, 0.1) is 0 Å². The number of hydrogen-bond acceptors (Lipinski definition) is 5. The monoisotopic (exact) mass is 372 g/mol. The highest BCUT2D eigenvalue weighted by atomic mass is 35.5. The van der Waals surface area contributed by atoms with Crippen molar-refractivity contribution in [2.24, 2.45) is 0 Å². The number of benzene rings is 2. The van der Waals surface area contributed by atoms with Gasteiger partial charge in [0.05, 0.1) is 25.1 Å². The first-order valence-corrected chi connectivity index (χ1v) is 8.34. The molecule has 0 aliphatic rings. The molecule has 1 N–H and O–H groups in total. The summed E-state index contributed by atoms with van der Waals surface area (Å²) in [5.74, 6) is -0.707. The number of fused-ring (bicyclic) bond motifs is 1. The summed E-state index contributed by atoms with van der Waals surface area (Å²) in [6.45, 7) is -0.00816. The Balaban J connectivity index is 1.76. The van der Waals surface area contributed by atoms with Gasteiger partial charge in [0.25, 0.3) is 0 Å². The van der Waals surface area contributed by atoms with E-state index in [0.717, 1.165) is 11.1 Å². The van der Waals surface area contributed by atoms with Gasteiger partial charge < -0.3 is 10.1 Å². The first-order valence-electron chi connectivity index (χ1n) is 7.96. The Morgan fingerprint density at radius 2 is 1.92 bits per heavy atom. The number of hydrogen-bond donors (Lipinski definition) is 1. The predicted octanol–water partition coefficient (Wildman–Crippen LogP) is 2.51. The molecule has 8 heteroatoms. The maximum absolute atomic E-state index is 12.5. The van der Waals surface area contributed by atoms with E-state index in [0.29, 0.717) is 10.5 Å². The van der Waals surface area contributed by atoms with Crippen molar-refractivity contribution in [2.45, 2.75) is 19.0 Å². The number of carbonyl (C=O) groups is 2. The molecule has 0 saturated carbocycles. The highest BCUT2D eigenvalue weighted by molar-refractivity contribution is 6.30. The number of halogens is 1. The molecule has 0 saturated heterocycles. The molecule has 0 radical (unpaired) electrons. The molecule has 0 bridgehead atoms. The van der Waals surface area contributed by atoms with E-state index < -0.39 is 12.0 Å². The number of nitrogens with one attached hydrogen (secondary N) is 1. The third-order valence-electron chi connectivity index (χ3n) is 3.92. The van der Waals surface area contributed by atoms with E-state index in [1.165, 1.54) is 11.8 Å². The number of aromatic nitrogens is 3. The van der Waals surface area contributed by atoms with Gasteiger partial charge in [-0.15, -0.1) is 5.10 Å². The van der Waals surface area contributed by atoms with E-state index in [1.807, 2.05) is 24.3 Å². The van der Waals surface area contributed by atoms with Gasteiger partial charge in [-0.1, -0.05) is 41.1 Å². The molecule has 3 aromatic rings. The van der Waals surface area contributed by atoms with E-state index in [9.17, 15) is 9.59 Å². The van der Waals surface area contributed by atoms with Crippen LogP contribution in [0.1, 0.15) is 18.0 Å². The molecule has 1 unspecified atom stereocenters. The van der Waals surface area contributed by atoms with Crippen molar-refractivity contribution in [2.75, 3.05) is 7.11 Å². The molecule has 0 fully saturated rings. The summed E-state index contributed by atoms with van der Waals surface area (Å²) in [6, 6.07) is 13.8. The first kappa shape index (κ1) is 17.9. The maximum atomic E-state index is 12.5. The Morgan fingerprint density at radius 3 is 2.65 bits per heavy atom. The molecular weight excluding hydrogens is 356 g/mol. The number of rotatable bonds is 6. The van der Waals surface area contributed by atoms with E-state index in [4.69, 9.17) is 16.3 Å². The lowest BCUT2D eigenvalue weighted by Gasteiger charge is -2.18. The average Bonchev–Trinajstić information content (AvgIpc) is 3.04. The zero-order valence-electron chi connectivity index (χ0n) is 14.1. The summed E-state index contributed by atoms with van der Waals surface area (Å²) in [6.07, 6.45) is 0.0159. The van der Waals surface area contributed by atoms with Crippen LogP contribution in [0.3, 0.4) is 0 Å². The van der Waals surface area contributed by atoms with Gasteiger partial charge in [-0.25, -0.2) is 4.68 Å². The molecule has 0 aliphatic heterocycles. The minimum absolute atomic E-state index is 0.00816. The van der Waals surface area contributed by atoms with Crippen LogP contribution in [-0.4, -0.2) is 34.0 Å². The van der Waals surface area contributed by atoms with Crippen LogP contribution >= 0.6 is 11.6 Å². The zero-order valence-corrected chi connectivity index (χ0v) is 14.8. The van der Waals surface area contributed by atoms with Gasteiger partial charge in [-0.2, -0.15) is 0 Å². The van der Waals surface area contributed by atoms with E-state index in [1.54, 1.807) is 24.3 Å². The van der Waals surface area contributed by atoms with E-state index in [2.05, 4.69) is 15.6 Å². The van der Waals surface area contributed by atoms with Crippen molar-refractivity contribution < 1.29 is 14.3 Å². The number of amides is 1. The fourth-order valence-electron chi connectivity index (χ4n) is 2.61. The van der Waals surface area contributed by atoms with Crippen molar-refractivity contribution in [1.29, 1.82) is 0 Å². The summed E-state index contributed by atoms with van der Waals surface area (Å²) >= 11 is 5.91. The molecule has 7 nitrogen and oxygen atoms in total. The van der Waals surface area contributed by atoms with Gasteiger partial charge in [0.1, 0.15) is 12.1 Å². The van der Waals surface area contributed by atoms with Crippen molar-refractivity contribution in [3.8, 4) is 0 Å². The second-order valence-corrected chi connectivity index (χ2v) is 6.12. The van der Waals surface area contributed by atoms with Crippen LogP contribution in [0.5, 0.6) is 0 Å². The molecule has 0 aliphatic carbocycles. The molecule has 1 amide bonds. The first-order chi connectivity index (χ1) is 12.6. The van der Waals surface area contributed by atoms with Gasteiger partial charge >= 0.3 is 5.97 Å². The Labute approximate surface area is 154 Å². The van der Waals surface area contributed by atoms with Crippen LogP contribution in [-0.2, 0) is 20.9 Å². The summed E-state index contributed by atoms with van der Waals surface area (Å²) < 4.78 is 6.24. The van der Waals surface area contributed by atoms with Crippen LogP contribution in [0.15, 0.2) is 48.5 Å². The predicted molar refractivity (Wildman–Crippen MR) is 96.5 cm³/mol. The van der Waals surface area contributed by atoms with Gasteiger partial charge in [-0.05, 0) is 29.8 Å². The van der Waals surface area contributed by atoms with Gasteiger partial charge in [0.15, 0.2) is 0 Å². The number of esters is 1. The lowest BCUT2D eigenvalue weighted by molar-refractivity contribution is -0.141. The van der Waals surface area contributed by atoms with Gasteiger partial charge in [-0.3, -0.25) is 9.59 Å². The van der Waals surface area contributed by atoms with E-state index in [-0.39, 0.29) is 18.9 Å². The van der Waals surface area contributed by atoms with Crippen molar-refractivity contribution in [1.82, 2.24) is 20.3 Å². The Kier molecular flexibility index (Phi) is 5.48. The molecule has 3 rings (SSSR count). The average molecular weight is 373 g/mol. The number of methoxy groups -OCH3 is 1. The molecular formula is C18H17ClN4O3. The Morgan fingerprint density at radius 1 is 1.19 bits per heavy atom. The van der Waals surface area contributed by atoms with Crippen molar-refractivity contribution in [3.05, 3.63) is 59.1 Å². The summed E-state index contributed by atoms with van der Waals surface area (Å²) in [5, 5.41) is 11.4. The second kappa shape index (κ2) is 7.97. The summed E-state index contributed by atoms with van der Waals surface area (Å²) in [4.78, 5) is 24.2. The largest absolute Gasteiger partial charge is 0.469 e. The Bertz CT molecular complexity index is 924. The van der Waals surface area contributed by atoms with Crippen molar-refractivity contribution >= 4 is 34.5 Å². The van der Waals surface area contributed by atoms with Gasteiger partial charge in [0.2, 0.25) is 5.91 Å². The summed E-state index contributed by atoms with van der Waals surface area (Å²) in [7, 11) is 1.31. The lowest BCUT2D eigenvalue weighted by Crippen LogP contribution is -2.33. The molecule has 0 spiro atoms. The Hall–Kier alpha value is -2.93. The third-order valence-corrected chi connectivity index (χ3v) is 4.17. The highest BCUT2D eigenvalue weighted by Crippen LogP contribution is 2.20. The number of nitrogens with zero attached hydrogens (tertiary/aromatic N) is 3.